The first-order valence-corrected chi connectivity index (χ1v) is 8.61. The fourth-order valence-corrected chi connectivity index (χ4v) is 3.46. The summed E-state index contributed by atoms with van der Waals surface area (Å²) in [7, 11) is 1.42. The smallest absolute Gasteiger partial charge is 0.336 e. The van der Waals surface area contributed by atoms with Gasteiger partial charge in [-0.25, -0.2) is 13.6 Å². The molecule has 0 radical (unpaired) electrons. The number of methoxy groups -OCH3 is 1. The third kappa shape index (κ3) is 3.62. The molecule has 0 fully saturated rings. The van der Waals surface area contributed by atoms with E-state index in [1.165, 1.54) is 19.4 Å². The number of carboxylic acid groups (broad SMARTS) is 1. The Morgan fingerprint density at radius 3 is 2.70 bits per heavy atom. The highest BCUT2D eigenvalue weighted by Crippen LogP contribution is 2.42. The minimum atomic E-state index is -2.60. The van der Waals surface area contributed by atoms with E-state index in [0.29, 0.717) is 17.9 Å². The van der Waals surface area contributed by atoms with Crippen LogP contribution in [-0.4, -0.2) is 53.4 Å². The normalized spacial score (nSPS) is 21.2. The lowest BCUT2D eigenvalue weighted by molar-refractivity contribution is -0.133. The Morgan fingerprint density at radius 1 is 1.37 bits per heavy atom. The number of carboxylic acids is 1. The molecule has 6 nitrogen and oxygen atoms in total. The monoisotopic (exact) mass is 381 g/mol. The SMILES string of the molecule is CC[C@@H]1Cc2cc(OCC(F)F)c(OC)cc2C2=CC(O)C(C(=O)O)=CN21. The Morgan fingerprint density at radius 2 is 2.11 bits per heavy atom. The molecule has 0 spiro atoms. The molecule has 2 N–H and O–H groups in total. The highest BCUT2D eigenvalue weighted by Gasteiger charge is 2.34. The van der Waals surface area contributed by atoms with Crippen molar-refractivity contribution >= 4 is 11.7 Å². The van der Waals surface area contributed by atoms with Gasteiger partial charge in [0.25, 0.3) is 6.43 Å². The number of carbonyl (C=O) groups is 1. The summed E-state index contributed by atoms with van der Waals surface area (Å²) < 4.78 is 35.5. The predicted octanol–water partition coefficient (Wildman–Crippen LogP) is 2.66. The molecule has 2 heterocycles. The Labute approximate surface area is 155 Å². The van der Waals surface area contributed by atoms with E-state index >= 15 is 0 Å². The van der Waals surface area contributed by atoms with E-state index in [4.69, 9.17) is 9.47 Å². The molecular formula is C19H21F2NO5. The van der Waals surface area contributed by atoms with Crippen molar-refractivity contribution in [2.24, 2.45) is 0 Å². The van der Waals surface area contributed by atoms with Crippen molar-refractivity contribution in [3.05, 3.63) is 41.1 Å². The zero-order valence-corrected chi connectivity index (χ0v) is 15.0. The van der Waals surface area contributed by atoms with Gasteiger partial charge in [0.05, 0.1) is 12.7 Å². The second kappa shape index (κ2) is 7.56. The summed E-state index contributed by atoms with van der Waals surface area (Å²) in [6.07, 6.45) is 0.433. The lowest BCUT2D eigenvalue weighted by Crippen LogP contribution is -2.39. The summed E-state index contributed by atoms with van der Waals surface area (Å²) in [6, 6.07) is 3.33. The van der Waals surface area contributed by atoms with Gasteiger partial charge in [-0.2, -0.15) is 0 Å². The number of aliphatic hydroxyl groups is 1. The molecule has 0 aromatic heterocycles. The van der Waals surface area contributed by atoms with Crippen LogP contribution in [0.2, 0.25) is 0 Å². The van der Waals surface area contributed by atoms with Gasteiger partial charge in [-0.1, -0.05) is 6.92 Å². The van der Waals surface area contributed by atoms with Crippen molar-refractivity contribution in [2.45, 2.75) is 38.3 Å². The Hall–Kier alpha value is -2.61. The van der Waals surface area contributed by atoms with Crippen molar-refractivity contribution in [2.75, 3.05) is 13.7 Å². The molecule has 27 heavy (non-hydrogen) atoms. The van der Waals surface area contributed by atoms with Crippen molar-refractivity contribution < 1.29 is 33.3 Å². The average molecular weight is 381 g/mol. The summed E-state index contributed by atoms with van der Waals surface area (Å²) in [4.78, 5) is 13.2. The van der Waals surface area contributed by atoms with Gasteiger partial charge in [-0.05, 0) is 36.6 Å². The second-order valence-electron chi connectivity index (χ2n) is 6.42. The van der Waals surface area contributed by atoms with E-state index in [1.54, 1.807) is 12.1 Å². The number of aliphatic carboxylic acids is 1. The van der Waals surface area contributed by atoms with Crippen LogP contribution in [0.15, 0.2) is 30.0 Å². The molecule has 3 rings (SSSR count). The highest BCUT2D eigenvalue weighted by molar-refractivity contribution is 5.90. The Bertz CT molecular complexity index is 806. The van der Waals surface area contributed by atoms with Crippen molar-refractivity contribution in [3.63, 3.8) is 0 Å². The zero-order chi connectivity index (χ0) is 19.7. The Kier molecular flexibility index (Phi) is 5.36. The largest absolute Gasteiger partial charge is 0.493 e. The lowest BCUT2D eigenvalue weighted by atomic mass is 9.87. The standard InChI is InChI=1S/C19H21F2NO5/c1-3-11-4-10-5-17(27-9-18(20)21)16(26-2)6-12(10)14-7-15(23)13(19(24)25)8-22(11)14/h5-8,11,15,18,23H,3-4,9H2,1-2H3,(H,24,25)/t11-,15?/m1/s1. The van der Waals surface area contributed by atoms with Gasteiger partial charge in [0, 0.05) is 23.5 Å². The Balaban J connectivity index is 2.06. The third-order valence-corrected chi connectivity index (χ3v) is 4.79. The molecule has 0 bridgehead atoms. The average Bonchev–Trinajstić information content (AvgIpc) is 2.64. The molecule has 2 aliphatic rings. The van der Waals surface area contributed by atoms with Gasteiger partial charge in [-0.3, -0.25) is 0 Å². The van der Waals surface area contributed by atoms with Gasteiger partial charge in [-0.15, -0.1) is 0 Å². The van der Waals surface area contributed by atoms with E-state index < -0.39 is 25.1 Å². The van der Waals surface area contributed by atoms with Crippen LogP contribution in [0, 0.1) is 0 Å². The van der Waals surface area contributed by atoms with Crippen LogP contribution < -0.4 is 9.47 Å². The molecule has 0 saturated heterocycles. The van der Waals surface area contributed by atoms with Crippen molar-refractivity contribution in [1.82, 2.24) is 4.90 Å². The van der Waals surface area contributed by atoms with Gasteiger partial charge in [0.1, 0.15) is 12.7 Å². The van der Waals surface area contributed by atoms with E-state index in [0.717, 1.165) is 17.5 Å². The molecule has 1 aromatic rings. The van der Waals surface area contributed by atoms with Crippen LogP contribution in [0.25, 0.3) is 5.70 Å². The summed E-state index contributed by atoms with van der Waals surface area (Å²) in [5, 5.41) is 19.5. The number of nitrogens with zero attached hydrogens (tertiary/aromatic N) is 1. The number of rotatable bonds is 6. The summed E-state index contributed by atoms with van der Waals surface area (Å²) in [5.74, 6) is -0.641. The van der Waals surface area contributed by atoms with Gasteiger partial charge in [0.2, 0.25) is 0 Å². The second-order valence-corrected chi connectivity index (χ2v) is 6.42. The first-order valence-electron chi connectivity index (χ1n) is 8.61. The van der Waals surface area contributed by atoms with Gasteiger partial charge < -0.3 is 24.6 Å². The van der Waals surface area contributed by atoms with Crippen LogP contribution in [0.4, 0.5) is 8.78 Å². The molecule has 0 saturated carbocycles. The van der Waals surface area contributed by atoms with E-state index in [1.807, 2.05) is 11.8 Å². The van der Waals surface area contributed by atoms with Gasteiger partial charge >= 0.3 is 5.97 Å². The maximum absolute atomic E-state index is 12.5. The molecular weight excluding hydrogens is 360 g/mol. The van der Waals surface area contributed by atoms with E-state index in [-0.39, 0.29) is 17.4 Å². The number of aliphatic hydroxyl groups excluding tert-OH is 1. The quantitative estimate of drug-likeness (QED) is 0.789. The first kappa shape index (κ1) is 19.2. The van der Waals surface area contributed by atoms with Crippen LogP contribution >= 0.6 is 0 Å². The van der Waals surface area contributed by atoms with Gasteiger partial charge in [0.15, 0.2) is 11.5 Å². The fourth-order valence-electron chi connectivity index (χ4n) is 3.46. The minimum Gasteiger partial charge on any atom is -0.493 e. The molecule has 2 aliphatic heterocycles. The molecule has 1 unspecified atom stereocenters. The molecule has 2 atom stereocenters. The number of fused-ring (bicyclic) bond motifs is 3. The molecule has 1 aromatic carbocycles. The molecule has 0 amide bonds. The number of hydrogen-bond acceptors (Lipinski definition) is 5. The molecule has 0 aliphatic carbocycles. The van der Waals surface area contributed by atoms with Crippen LogP contribution in [0.3, 0.4) is 0 Å². The summed E-state index contributed by atoms with van der Waals surface area (Å²) in [5.41, 5.74) is 2.19. The van der Waals surface area contributed by atoms with Crippen molar-refractivity contribution in [3.8, 4) is 11.5 Å². The summed E-state index contributed by atoms with van der Waals surface area (Å²) >= 11 is 0. The topological polar surface area (TPSA) is 79.2 Å². The van der Waals surface area contributed by atoms with Crippen LogP contribution in [-0.2, 0) is 11.2 Å². The van der Waals surface area contributed by atoms with E-state index in [2.05, 4.69) is 0 Å². The number of ether oxygens (including phenoxy) is 2. The summed E-state index contributed by atoms with van der Waals surface area (Å²) in [6.45, 7) is 1.24. The number of hydrogen-bond donors (Lipinski definition) is 2. The van der Waals surface area contributed by atoms with E-state index in [9.17, 15) is 23.8 Å². The lowest BCUT2D eigenvalue weighted by Gasteiger charge is -2.41. The number of halogens is 2. The first-order chi connectivity index (χ1) is 12.8. The highest BCUT2D eigenvalue weighted by atomic mass is 19.3. The maximum Gasteiger partial charge on any atom is 0.336 e. The number of benzene rings is 1. The predicted molar refractivity (Wildman–Crippen MR) is 93.8 cm³/mol. The fraction of sp³-hybridized carbons (Fsp3) is 0.421. The van der Waals surface area contributed by atoms with Crippen LogP contribution in [0.1, 0.15) is 24.5 Å². The van der Waals surface area contributed by atoms with Crippen molar-refractivity contribution in [1.29, 1.82) is 0 Å². The molecule has 8 heteroatoms. The molecule has 146 valence electrons. The number of alkyl halides is 2. The maximum atomic E-state index is 12.5. The minimum absolute atomic E-state index is 0.0260. The third-order valence-electron chi connectivity index (χ3n) is 4.79. The zero-order valence-electron chi connectivity index (χ0n) is 15.0. The van der Waals surface area contributed by atoms with Crippen LogP contribution in [0.5, 0.6) is 11.5 Å².